The first kappa shape index (κ1) is 15.2. The maximum atomic E-state index is 11.7. The fraction of sp³-hybridized carbons (Fsp3) is 0.429. The number of hydrogen-bond acceptors (Lipinski definition) is 4. The van der Waals surface area contributed by atoms with Crippen molar-refractivity contribution in [3.8, 4) is 0 Å². The van der Waals surface area contributed by atoms with Gasteiger partial charge in [-0.2, -0.15) is 0 Å². The molecular weight excluding hydrogens is 294 g/mol. The molecule has 0 saturated heterocycles. The SMILES string of the molecule is CNCCC(=O)Nc1ccc2nc(C3CC3)sc2c1.Cl. The molecule has 2 N–H and O–H groups in total. The zero-order valence-electron chi connectivity index (χ0n) is 11.3. The number of amides is 1. The molecule has 0 radical (unpaired) electrons. The van der Waals surface area contributed by atoms with Gasteiger partial charge in [-0.15, -0.1) is 23.7 Å². The number of thiazole rings is 1. The van der Waals surface area contributed by atoms with Crippen LogP contribution in [0.2, 0.25) is 0 Å². The van der Waals surface area contributed by atoms with Gasteiger partial charge in [0, 0.05) is 24.6 Å². The molecule has 1 amide bonds. The van der Waals surface area contributed by atoms with Gasteiger partial charge in [0.1, 0.15) is 0 Å². The summed E-state index contributed by atoms with van der Waals surface area (Å²) in [6, 6.07) is 5.94. The second-order valence-electron chi connectivity index (χ2n) is 4.91. The van der Waals surface area contributed by atoms with Gasteiger partial charge in [0.05, 0.1) is 15.2 Å². The molecule has 0 unspecified atom stereocenters. The number of benzene rings is 1. The van der Waals surface area contributed by atoms with Crippen LogP contribution in [-0.2, 0) is 4.79 Å². The maximum absolute atomic E-state index is 11.7. The molecular formula is C14H18ClN3OS. The maximum Gasteiger partial charge on any atom is 0.225 e. The average Bonchev–Trinajstić information content (AvgIpc) is 3.16. The van der Waals surface area contributed by atoms with Gasteiger partial charge in [-0.3, -0.25) is 4.79 Å². The number of carbonyl (C=O) groups is 1. The minimum Gasteiger partial charge on any atom is -0.326 e. The zero-order chi connectivity index (χ0) is 13.2. The van der Waals surface area contributed by atoms with Crippen LogP contribution in [0, 0.1) is 0 Å². The lowest BCUT2D eigenvalue weighted by Crippen LogP contribution is -2.18. The average molecular weight is 312 g/mol. The van der Waals surface area contributed by atoms with Crippen LogP contribution in [0.3, 0.4) is 0 Å². The highest BCUT2D eigenvalue weighted by atomic mass is 35.5. The van der Waals surface area contributed by atoms with Crippen molar-refractivity contribution in [1.82, 2.24) is 10.3 Å². The van der Waals surface area contributed by atoms with Crippen molar-refractivity contribution >= 4 is 45.6 Å². The van der Waals surface area contributed by atoms with Crippen molar-refractivity contribution in [1.29, 1.82) is 0 Å². The zero-order valence-corrected chi connectivity index (χ0v) is 12.9. The Morgan fingerprint density at radius 3 is 2.95 bits per heavy atom. The van der Waals surface area contributed by atoms with Crippen LogP contribution in [0.15, 0.2) is 18.2 Å². The summed E-state index contributed by atoms with van der Waals surface area (Å²) < 4.78 is 1.16. The number of anilines is 1. The van der Waals surface area contributed by atoms with Crippen LogP contribution in [0.5, 0.6) is 0 Å². The molecule has 0 atom stereocenters. The monoisotopic (exact) mass is 311 g/mol. The number of halogens is 1. The van der Waals surface area contributed by atoms with E-state index in [-0.39, 0.29) is 18.3 Å². The Kier molecular flexibility index (Phi) is 4.96. The summed E-state index contributed by atoms with van der Waals surface area (Å²) in [6.45, 7) is 0.695. The summed E-state index contributed by atoms with van der Waals surface area (Å²) in [5, 5.41) is 7.14. The van der Waals surface area contributed by atoms with Gasteiger partial charge in [-0.1, -0.05) is 0 Å². The molecule has 1 aliphatic carbocycles. The Morgan fingerprint density at radius 2 is 2.25 bits per heavy atom. The van der Waals surface area contributed by atoms with E-state index in [2.05, 4.69) is 15.6 Å². The number of aromatic nitrogens is 1. The summed E-state index contributed by atoms with van der Waals surface area (Å²) in [4.78, 5) is 16.3. The van der Waals surface area contributed by atoms with E-state index in [1.54, 1.807) is 11.3 Å². The Labute approximate surface area is 128 Å². The summed E-state index contributed by atoms with van der Waals surface area (Å²) in [7, 11) is 1.84. The fourth-order valence-corrected chi connectivity index (χ4v) is 3.16. The first-order valence-corrected chi connectivity index (χ1v) is 7.43. The van der Waals surface area contributed by atoms with Gasteiger partial charge in [-0.25, -0.2) is 4.98 Å². The molecule has 6 heteroatoms. The van der Waals surface area contributed by atoms with Gasteiger partial charge >= 0.3 is 0 Å². The summed E-state index contributed by atoms with van der Waals surface area (Å²) in [6.07, 6.45) is 3.03. The lowest BCUT2D eigenvalue weighted by Gasteiger charge is -2.04. The van der Waals surface area contributed by atoms with Crippen molar-refractivity contribution in [3.05, 3.63) is 23.2 Å². The highest BCUT2D eigenvalue weighted by molar-refractivity contribution is 7.18. The number of fused-ring (bicyclic) bond motifs is 1. The molecule has 1 saturated carbocycles. The quantitative estimate of drug-likeness (QED) is 0.892. The molecule has 0 bridgehead atoms. The van der Waals surface area contributed by atoms with Crippen LogP contribution in [0.1, 0.15) is 30.2 Å². The highest BCUT2D eigenvalue weighted by Crippen LogP contribution is 2.43. The number of rotatable bonds is 5. The normalized spacial score (nSPS) is 14.1. The first-order chi connectivity index (χ1) is 9.26. The summed E-state index contributed by atoms with van der Waals surface area (Å²) in [5.74, 6) is 0.728. The van der Waals surface area contributed by atoms with Gasteiger partial charge in [-0.05, 0) is 38.1 Å². The molecule has 3 rings (SSSR count). The predicted molar refractivity (Wildman–Crippen MR) is 86.0 cm³/mol. The minimum atomic E-state index is 0. The lowest BCUT2D eigenvalue weighted by molar-refractivity contribution is -0.116. The number of nitrogens with one attached hydrogen (secondary N) is 2. The molecule has 20 heavy (non-hydrogen) atoms. The third-order valence-corrected chi connectivity index (χ3v) is 4.40. The molecule has 1 aromatic heterocycles. The topological polar surface area (TPSA) is 54.0 Å². The second-order valence-corrected chi connectivity index (χ2v) is 5.97. The minimum absolute atomic E-state index is 0. The summed E-state index contributed by atoms with van der Waals surface area (Å²) >= 11 is 1.75. The van der Waals surface area contributed by atoms with Gasteiger partial charge in [0.2, 0.25) is 5.91 Å². The van der Waals surface area contributed by atoms with E-state index >= 15 is 0 Å². The molecule has 0 spiro atoms. The van der Waals surface area contributed by atoms with Crippen molar-refractivity contribution < 1.29 is 4.79 Å². The first-order valence-electron chi connectivity index (χ1n) is 6.61. The molecule has 1 aliphatic rings. The molecule has 1 aromatic carbocycles. The number of hydrogen-bond donors (Lipinski definition) is 2. The van der Waals surface area contributed by atoms with E-state index in [4.69, 9.17) is 0 Å². The third-order valence-electron chi connectivity index (χ3n) is 3.22. The van der Waals surface area contributed by atoms with Crippen molar-refractivity contribution in [2.24, 2.45) is 0 Å². The lowest BCUT2D eigenvalue weighted by atomic mass is 10.3. The Hall–Kier alpha value is -1.17. The Morgan fingerprint density at radius 1 is 1.45 bits per heavy atom. The highest BCUT2D eigenvalue weighted by Gasteiger charge is 2.26. The van der Waals surface area contributed by atoms with Gasteiger partial charge in [0.25, 0.3) is 0 Å². The second kappa shape index (κ2) is 6.52. The largest absolute Gasteiger partial charge is 0.326 e. The molecule has 2 aromatic rings. The van der Waals surface area contributed by atoms with Gasteiger partial charge in [0.15, 0.2) is 0 Å². The Balaban J connectivity index is 0.00000147. The van der Waals surface area contributed by atoms with E-state index in [1.807, 2.05) is 25.2 Å². The van der Waals surface area contributed by atoms with Crippen LogP contribution in [0.4, 0.5) is 5.69 Å². The van der Waals surface area contributed by atoms with Crippen LogP contribution < -0.4 is 10.6 Å². The number of carbonyl (C=O) groups excluding carboxylic acids is 1. The van der Waals surface area contributed by atoms with E-state index in [0.29, 0.717) is 18.9 Å². The van der Waals surface area contributed by atoms with E-state index < -0.39 is 0 Å². The summed E-state index contributed by atoms with van der Waals surface area (Å²) in [5.41, 5.74) is 1.90. The van der Waals surface area contributed by atoms with E-state index in [0.717, 1.165) is 15.9 Å². The van der Waals surface area contributed by atoms with Crippen LogP contribution >= 0.6 is 23.7 Å². The van der Waals surface area contributed by atoms with Crippen molar-refractivity contribution in [2.75, 3.05) is 18.9 Å². The third kappa shape index (κ3) is 3.48. The van der Waals surface area contributed by atoms with Crippen LogP contribution in [-0.4, -0.2) is 24.5 Å². The molecule has 1 heterocycles. The molecule has 1 fully saturated rings. The van der Waals surface area contributed by atoms with Gasteiger partial charge < -0.3 is 10.6 Å². The van der Waals surface area contributed by atoms with E-state index in [9.17, 15) is 4.79 Å². The van der Waals surface area contributed by atoms with Crippen molar-refractivity contribution in [3.63, 3.8) is 0 Å². The fourth-order valence-electron chi connectivity index (χ4n) is 1.99. The smallest absolute Gasteiger partial charge is 0.225 e. The van der Waals surface area contributed by atoms with Crippen molar-refractivity contribution in [2.45, 2.75) is 25.2 Å². The number of nitrogens with zero attached hydrogens (tertiary/aromatic N) is 1. The Bertz CT molecular complexity index is 609. The molecule has 4 nitrogen and oxygen atoms in total. The molecule has 108 valence electrons. The molecule has 0 aliphatic heterocycles. The van der Waals surface area contributed by atoms with E-state index in [1.165, 1.54) is 17.8 Å². The van der Waals surface area contributed by atoms with Crippen LogP contribution in [0.25, 0.3) is 10.2 Å². The predicted octanol–water partition coefficient (Wildman–Crippen LogP) is 3.14. The standard InChI is InChI=1S/C14H17N3OS.ClH/c1-15-7-6-13(18)16-10-4-5-11-12(8-10)19-14(17-11)9-2-3-9;/h4-5,8-9,15H,2-3,6-7H2,1H3,(H,16,18);1H.